The summed E-state index contributed by atoms with van der Waals surface area (Å²) in [6, 6.07) is 13.1. The van der Waals surface area contributed by atoms with Crippen LogP contribution in [0.15, 0.2) is 42.5 Å². The van der Waals surface area contributed by atoms with Crippen LogP contribution in [-0.2, 0) is 17.8 Å². The molecule has 2 amide bonds. The van der Waals surface area contributed by atoms with Crippen LogP contribution in [0, 0.1) is 5.92 Å². The number of hydrogen-bond donors (Lipinski definition) is 1. The number of benzene rings is 2. The molecule has 0 bridgehead atoms. The van der Waals surface area contributed by atoms with E-state index in [0.29, 0.717) is 18.7 Å². The van der Waals surface area contributed by atoms with Gasteiger partial charge in [-0.1, -0.05) is 32.0 Å². The van der Waals surface area contributed by atoms with Gasteiger partial charge in [0.15, 0.2) is 0 Å². The molecular weight excluding hydrogens is 392 g/mol. The van der Waals surface area contributed by atoms with Gasteiger partial charge < -0.3 is 20.1 Å². The van der Waals surface area contributed by atoms with Gasteiger partial charge in [-0.05, 0) is 74.1 Å². The summed E-state index contributed by atoms with van der Waals surface area (Å²) in [5.41, 5.74) is 8.49. The lowest BCUT2D eigenvalue weighted by molar-refractivity contribution is 0.00876. The first-order valence-electron chi connectivity index (χ1n) is 10.7. The molecule has 1 aliphatic heterocycles. The standard InChI is InChI=1S/C25H32N2O4/c1-16(2)22-21-10-9-20(30-15-17-7-6-8-19(13-17)23(26)28)14-18(21)11-12-27(22)24(29)31-25(3,4)5/h6-10,13-14,16,22H,11-12,15H2,1-5H3,(H2,26,28). The zero-order valence-electron chi connectivity index (χ0n) is 19.0. The van der Waals surface area contributed by atoms with Gasteiger partial charge in [-0.25, -0.2) is 4.79 Å². The molecule has 0 spiro atoms. The topological polar surface area (TPSA) is 81.9 Å². The Hall–Kier alpha value is -3.02. The normalized spacial score (nSPS) is 16.1. The Labute approximate surface area is 184 Å². The summed E-state index contributed by atoms with van der Waals surface area (Å²) in [4.78, 5) is 26.0. The summed E-state index contributed by atoms with van der Waals surface area (Å²) in [7, 11) is 0. The van der Waals surface area contributed by atoms with Gasteiger partial charge in [-0.2, -0.15) is 0 Å². The average molecular weight is 425 g/mol. The monoisotopic (exact) mass is 424 g/mol. The van der Waals surface area contributed by atoms with E-state index in [2.05, 4.69) is 19.9 Å². The molecule has 0 saturated heterocycles. The third-order valence-electron chi connectivity index (χ3n) is 5.27. The number of ether oxygens (including phenoxy) is 2. The molecule has 6 heteroatoms. The molecule has 0 fully saturated rings. The smallest absolute Gasteiger partial charge is 0.410 e. The minimum Gasteiger partial charge on any atom is -0.489 e. The van der Waals surface area contributed by atoms with E-state index in [-0.39, 0.29) is 18.1 Å². The molecule has 2 N–H and O–H groups in total. The van der Waals surface area contributed by atoms with Gasteiger partial charge in [-0.3, -0.25) is 4.79 Å². The van der Waals surface area contributed by atoms with E-state index in [9.17, 15) is 9.59 Å². The average Bonchev–Trinajstić information content (AvgIpc) is 2.69. The minimum absolute atomic E-state index is 0.0418. The van der Waals surface area contributed by atoms with Gasteiger partial charge in [0.05, 0.1) is 6.04 Å². The number of carbonyl (C=O) groups is 2. The van der Waals surface area contributed by atoms with Crippen LogP contribution in [0.1, 0.15) is 67.7 Å². The highest BCUT2D eigenvalue weighted by Gasteiger charge is 2.35. The Balaban J connectivity index is 1.77. The Morgan fingerprint density at radius 3 is 2.55 bits per heavy atom. The number of rotatable bonds is 5. The second kappa shape index (κ2) is 9.00. The number of nitrogens with two attached hydrogens (primary N) is 1. The summed E-state index contributed by atoms with van der Waals surface area (Å²) < 4.78 is 11.6. The predicted molar refractivity (Wildman–Crippen MR) is 120 cm³/mol. The summed E-state index contributed by atoms with van der Waals surface area (Å²) in [6.07, 6.45) is 0.470. The zero-order chi connectivity index (χ0) is 22.8. The molecule has 1 atom stereocenters. The van der Waals surface area contributed by atoms with Gasteiger partial charge in [0.1, 0.15) is 18.0 Å². The lowest BCUT2D eigenvalue weighted by Crippen LogP contribution is -2.44. The first-order chi connectivity index (χ1) is 14.5. The molecule has 166 valence electrons. The molecule has 1 unspecified atom stereocenters. The van der Waals surface area contributed by atoms with Crippen LogP contribution in [0.3, 0.4) is 0 Å². The van der Waals surface area contributed by atoms with Crippen molar-refractivity contribution in [3.63, 3.8) is 0 Å². The van der Waals surface area contributed by atoms with Crippen molar-refractivity contribution in [1.82, 2.24) is 4.90 Å². The maximum atomic E-state index is 12.8. The third-order valence-corrected chi connectivity index (χ3v) is 5.27. The molecular formula is C25H32N2O4. The van der Waals surface area contributed by atoms with E-state index in [1.807, 2.05) is 43.9 Å². The van der Waals surface area contributed by atoms with Crippen LogP contribution in [0.25, 0.3) is 0 Å². The van der Waals surface area contributed by atoms with E-state index < -0.39 is 11.5 Å². The maximum Gasteiger partial charge on any atom is 0.410 e. The molecule has 0 aromatic heterocycles. The molecule has 1 heterocycles. The molecule has 1 aliphatic rings. The van der Waals surface area contributed by atoms with Gasteiger partial charge >= 0.3 is 6.09 Å². The molecule has 0 aliphatic carbocycles. The van der Waals surface area contributed by atoms with Crippen LogP contribution < -0.4 is 10.5 Å². The van der Waals surface area contributed by atoms with Crippen molar-refractivity contribution in [2.75, 3.05) is 6.54 Å². The molecule has 31 heavy (non-hydrogen) atoms. The third kappa shape index (κ3) is 5.57. The Bertz CT molecular complexity index is 962. The molecule has 0 saturated carbocycles. The second-order valence-corrected chi connectivity index (χ2v) is 9.33. The Morgan fingerprint density at radius 2 is 1.90 bits per heavy atom. The number of hydrogen-bond acceptors (Lipinski definition) is 4. The lowest BCUT2D eigenvalue weighted by atomic mass is 9.86. The quantitative estimate of drug-likeness (QED) is 0.743. The fraction of sp³-hybridized carbons (Fsp3) is 0.440. The summed E-state index contributed by atoms with van der Waals surface area (Å²) in [5, 5.41) is 0. The summed E-state index contributed by atoms with van der Waals surface area (Å²) in [6.45, 7) is 10.8. The van der Waals surface area contributed by atoms with Crippen molar-refractivity contribution in [1.29, 1.82) is 0 Å². The summed E-state index contributed by atoms with van der Waals surface area (Å²) >= 11 is 0. The molecule has 0 radical (unpaired) electrons. The van der Waals surface area contributed by atoms with Crippen molar-refractivity contribution in [2.24, 2.45) is 11.7 Å². The SMILES string of the molecule is CC(C)C1c2ccc(OCc3cccc(C(N)=O)c3)cc2CCN1C(=O)OC(C)(C)C. The van der Waals surface area contributed by atoms with E-state index in [1.165, 1.54) is 5.56 Å². The fourth-order valence-electron chi connectivity index (χ4n) is 3.95. The molecule has 2 aromatic carbocycles. The minimum atomic E-state index is -0.525. The number of carbonyl (C=O) groups excluding carboxylic acids is 2. The van der Waals surface area contributed by atoms with Crippen LogP contribution in [0.4, 0.5) is 4.79 Å². The molecule has 3 rings (SSSR count). The lowest BCUT2D eigenvalue weighted by Gasteiger charge is -2.40. The van der Waals surface area contributed by atoms with Crippen molar-refractivity contribution >= 4 is 12.0 Å². The predicted octanol–water partition coefficient (Wildman–Crippen LogP) is 4.85. The van der Waals surface area contributed by atoms with Crippen molar-refractivity contribution < 1.29 is 19.1 Å². The summed E-state index contributed by atoms with van der Waals surface area (Å²) in [5.74, 6) is 0.552. The second-order valence-electron chi connectivity index (χ2n) is 9.33. The van der Waals surface area contributed by atoms with Gasteiger partial charge in [0, 0.05) is 12.1 Å². The van der Waals surface area contributed by atoms with E-state index in [4.69, 9.17) is 15.2 Å². The molecule has 6 nitrogen and oxygen atoms in total. The highest BCUT2D eigenvalue weighted by atomic mass is 16.6. The number of primary amides is 1. The Kier molecular flexibility index (Phi) is 6.58. The van der Waals surface area contributed by atoms with E-state index in [1.54, 1.807) is 18.2 Å². The first kappa shape index (κ1) is 22.7. The van der Waals surface area contributed by atoms with Gasteiger partial charge in [-0.15, -0.1) is 0 Å². The molecule has 2 aromatic rings. The van der Waals surface area contributed by atoms with Crippen LogP contribution >= 0.6 is 0 Å². The van der Waals surface area contributed by atoms with Crippen LogP contribution in [0.5, 0.6) is 5.75 Å². The van der Waals surface area contributed by atoms with Gasteiger partial charge in [0.2, 0.25) is 5.91 Å². The van der Waals surface area contributed by atoms with Crippen LogP contribution in [-0.4, -0.2) is 29.0 Å². The van der Waals surface area contributed by atoms with Crippen LogP contribution in [0.2, 0.25) is 0 Å². The number of fused-ring (bicyclic) bond motifs is 1. The number of nitrogens with zero attached hydrogens (tertiary/aromatic N) is 1. The maximum absolute atomic E-state index is 12.8. The highest BCUT2D eigenvalue weighted by Crippen LogP contribution is 2.37. The first-order valence-corrected chi connectivity index (χ1v) is 10.7. The van der Waals surface area contributed by atoms with E-state index in [0.717, 1.165) is 23.3 Å². The van der Waals surface area contributed by atoms with Gasteiger partial charge in [0.25, 0.3) is 0 Å². The Morgan fingerprint density at radius 1 is 1.16 bits per heavy atom. The zero-order valence-corrected chi connectivity index (χ0v) is 19.0. The van der Waals surface area contributed by atoms with Crippen molar-refractivity contribution in [2.45, 2.75) is 59.3 Å². The fourth-order valence-corrected chi connectivity index (χ4v) is 3.95. The highest BCUT2D eigenvalue weighted by molar-refractivity contribution is 5.92. The van der Waals surface area contributed by atoms with Crippen molar-refractivity contribution in [3.05, 3.63) is 64.7 Å². The van der Waals surface area contributed by atoms with Crippen molar-refractivity contribution in [3.8, 4) is 5.75 Å². The largest absolute Gasteiger partial charge is 0.489 e. The van der Waals surface area contributed by atoms with E-state index >= 15 is 0 Å². The number of amides is 2.